The Morgan fingerprint density at radius 3 is 2.70 bits per heavy atom. The molecule has 33 heavy (non-hydrogen) atoms. The molecule has 7 nitrogen and oxygen atoms in total. The summed E-state index contributed by atoms with van der Waals surface area (Å²) < 4.78 is 13.1. The topological polar surface area (TPSA) is 77.9 Å². The fourth-order valence-electron chi connectivity index (χ4n) is 3.91. The van der Waals surface area contributed by atoms with Crippen LogP contribution in [0.3, 0.4) is 0 Å². The summed E-state index contributed by atoms with van der Waals surface area (Å²) in [5, 5.41) is 4.49. The number of benzene rings is 2. The Labute approximate surface area is 194 Å². The first kappa shape index (κ1) is 22.8. The molecule has 0 aliphatic carbocycles. The molecule has 172 valence electrons. The number of hydrogen-bond donors (Lipinski definition) is 1. The van der Waals surface area contributed by atoms with Crippen molar-refractivity contribution >= 4 is 11.3 Å². The third-order valence-electron chi connectivity index (χ3n) is 5.70. The standard InChI is InChI=1S/C26H31N5O2/c1-30(14-15-32-2)13-7-11-22-17-24(25-26(27)28-19-29-31(22)25)21-10-6-12-23(16-21)33-18-20-8-4-3-5-9-20/h3-6,8-10,12,16-17,19H,7,11,13-15,18H2,1-2H3,(H2,27,28,29). The van der Waals surface area contributed by atoms with Crippen LogP contribution in [0.5, 0.6) is 5.75 Å². The van der Waals surface area contributed by atoms with Gasteiger partial charge in [0.15, 0.2) is 5.82 Å². The molecule has 2 N–H and O–H groups in total. The predicted octanol–water partition coefficient (Wildman–Crippen LogP) is 4.07. The normalized spacial score (nSPS) is 11.4. The molecule has 2 heterocycles. The van der Waals surface area contributed by atoms with Gasteiger partial charge in [-0.25, -0.2) is 9.50 Å². The molecule has 0 amide bonds. The zero-order chi connectivity index (χ0) is 23.0. The summed E-state index contributed by atoms with van der Waals surface area (Å²) in [7, 11) is 3.84. The average Bonchev–Trinajstić information content (AvgIpc) is 3.22. The Hall–Kier alpha value is -3.42. The zero-order valence-electron chi connectivity index (χ0n) is 19.3. The van der Waals surface area contributed by atoms with E-state index < -0.39 is 0 Å². The molecule has 7 heteroatoms. The van der Waals surface area contributed by atoms with Gasteiger partial charge in [0.05, 0.1) is 6.61 Å². The second-order valence-electron chi connectivity index (χ2n) is 8.16. The number of rotatable bonds is 11. The number of nitrogens with zero attached hydrogens (tertiary/aromatic N) is 4. The van der Waals surface area contributed by atoms with Gasteiger partial charge in [0.1, 0.15) is 24.2 Å². The van der Waals surface area contributed by atoms with E-state index in [1.807, 2.05) is 40.9 Å². The van der Waals surface area contributed by atoms with Crippen molar-refractivity contribution in [1.29, 1.82) is 0 Å². The lowest BCUT2D eigenvalue weighted by Crippen LogP contribution is -2.24. The highest BCUT2D eigenvalue weighted by Crippen LogP contribution is 2.32. The van der Waals surface area contributed by atoms with Gasteiger partial charge in [-0.1, -0.05) is 42.5 Å². The number of fused-ring (bicyclic) bond motifs is 1. The summed E-state index contributed by atoms with van der Waals surface area (Å²) in [5.74, 6) is 1.28. The smallest absolute Gasteiger partial charge is 0.151 e. The van der Waals surface area contributed by atoms with Crippen molar-refractivity contribution in [3.8, 4) is 16.9 Å². The van der Waals surface area contributed by atoms with E-state index in [9.17, 15) is 0 Å². The Morgan fingerprint density at radius 1 is 1.03 bits per heavy atom. The molecule has 0 radical (unpaired) electrons. The van der Waals surface area contributed by atoms with Crippen molar-refractivity contribution in [2.75, 3.05) is 39.6 Å². The van der Waals surface area contributed by atoms with Crippen LogP contribution in [0.2, 0.25) is 0 Å². The minimum Gasteiger partial charge on any atom is -0.489 e. The van der Waals surface area contributed by atoms with Gasteiger partial charge >= 0.3 is 0 Å². The summed E-state index contributed by atoms with van der Waals surface area (Å²) in [6.07, 6.45) is 3.41. The molecule has 0 spiro atoms. The summed E-state index contributed by atoms with van der Waals surface area (Å²) in [5.41, 5.74) is 11.4. The average molecular weight is 446 g/mol. The number of hydrogen-bond acceptors (Lipinski definition) is 6. The van der Waals surface area contributed by atoms with Crippen LogP contribution in [-0.4, -0.2) is 53.4 Å². The minimum absolute atomic E-state index is 0.471. The van der Waals surface area contributed by atoms with Gasteiger partial charge in [-0.3, -0.25) is 0 Å². The van der Waals surface area contributed by atoms with Gasteiger partial charge in [-0.15, -0.1) is 0 Å². The summed E-state index contributed by atoms with van der Waals surface area (Å²) in [4.78, 5) is 6.51. The van der Waals surface area contributed by atoms with Gasteiger partial charge in [0, 0.05) is 24.9 Å². The summed E-state index contributed by atoms with van der Waals surface area (Å²) >= 11 is 0. The Kier molecular flexibility index (Phi) is 7.55. The first-order valence-corrected chi connectivity index (χ1v) is 11.2. The predicted molar refractivity (Wildman–Crippen MR) is 131 cm³/mol. The number of likely N-dealkylation sites (N-methyl/N-ethyl adjacent to an activating group) is 1. The van der Waals surface area contributed by atoms with Crippen molar-refractivity contribution in [2.45, 2.75) is 19.4 Å². The SMILES string of the molecule is COCCN(C)CCCc1cc(-c2cccc(OCc3ccccc3)c2)c2c(N)ncnn12. The number of aromatic nitrogens is 3. The monoisotopic (exact) mass is 445 g/mol. The highest BCUT2D eigenvalue weighted by molar-refractivity contribution is 5.88. The van der Waals surface area contributed by atoms with E-state index in [1.165, 1.54) is 6.33 Å². The molecule has 0 atom stereocenters. The van der Waals surface area contributed by atoms with E-state index in [2.05, 4.69) is 46.3 Å². The summed E-state index contributed by atoms with van der Waals surface area (Å²) in [6, 6.07) is 20.4. The second kappa shape index (κ2) is 10.9. The molecule has 0 saturated carbocycles. The summed E-state index contributed by atoms with van der Waals surface area (Å²) in [6.45, 7) is 3.16. The van der Waals surface area contributed by atoms with E-state index in [0.717, 1.165) is 66.2 Å². The van der Waals surface area contributed by atoms with Crippen LogP contribution < -0.4 is 10.5 Å². The zero-order valence-corrected chi connectivity index (χ0v) is 19.3. The lowest BCUT2D eigenvalue weighted by atomic mass is 10.1. The molecule has 0 aliphatic rings. The van der Waals surface area contributed by atoms with E-state index in [0.29, 0.717) is 12.4 Å². The van der Waals surface area contributed by atoms with Gasteiger partial charge in [-0.2, -0.15) is 5.10 Å². The van der Waals surface area contributed by atoms with Crippen LogP contribution in [0, 0.1) is 0 Å². The number of nitrogen functional groups attached to an aromatic ring is 1. The largest absolute Gasteiger partial charge is 0.489 e. The number of ether oxygens (including phenoxy) is 2. The molecule has 0 aliphatic heterocycles. The van der Waals surface area contributed by atoms with Gasteiger partial charge < -0.3 is 20.1 Å². The number of aryl methyl sites for hydroxylation is 1. The first-order chi connectivity index (χ1) is 16.2. The fourth-order valence-corrected chi connectivity index (χ4v) is 3.91. The highest BCUT2D eigenvalue weighted by Gasteiger charge is 2.16. The lowest BCUT2D eigenvalue weighted by molar-refractivity contribution is 0.160. The van der Waals surface area contributed by atoms with Crippen LogP contribution >= 0.6 is 0 Å². The van der Waals surface area contributed by atoms with Gasteiger partial charge in [0.25, 0.3) is 0 Å². The van der Waals surface area contributed by atoms with Gasteiger partial charge in [-0.05, 0) is 55.8 Å². The van der Waals surface area contributed by atoms with Crippen LogP contribution in [0.25, 0.3) is 16.6 Å². The Morgan fingerprint density at radius 2 is 1.88 bits per heavy atom. The van der Waals surface area contributed by atoms with Crippen molar-refractivity contribution in [3.05, 3.63) is 78.2 Å². The van der Waals surface area contributed by atoms with E-state index >= 15 is 0 Å². The molecule has 2 aromatic heterocycles. The molecule has 0 unspecified atom stereocenters. The number of methoxy groups -OCH3 is 1. The molecule has 2 aromatic carbocycles. The van der Waals surface area contributed by atoms with Crippen molar-refractivity contribution < 1.29 is 9.47 Å². The molecule has 0 saturated heterocycles. The maximum atomic E-state index is 6.29. The molecular weight excluding hydrogens is 414 g/mol. The van der Waals surface area contributed by atoms with Crippen LogP contribution in [0.4, 0.5) is 5.82 Å². The van der Waals surface area contributed by atoms with Crippen LogP contribution in [0.15, 0.2) is 67.0 Å². The number of anilines is 1. The quantitative estimate of drug-likeness (QED) is 0.375. The van der Waals surface area contributed by atoms with E-state index in [4.69, 9.17) is 15.2 Å². The minimum atomic E-state index is 0.471. The lowest BCUT2D eigenvalue weighted by Gasteiger charge is -2.15. The second-order valence-corrected chi connectivity index (χ2v) is 8.16. The van der Waals surface area contributed by atoms with Gasteiger partial charge in [0.2, 0.25) is 0 Å². The molecule has 0 fully saturated rings. The van der Waals surface area contributed by atoms with Crippen LogP contribution in [-0.2, 0) is 17.8 Å². The van der Waals surface area contributed by atoms with Crippen molar-refractivity contribution in [1.82, 2.24) is 19.5 Å². The maximum Gasteiger partial charge on any atom is 0.151 e. The highest BCUT2D eigenvalue weighted by atomic mass is 16.5. The number of nitrogens with two attached hydrogens (primary N) is 1. The third kappa shape index (κ3) is 5.69. The molecule has 4 aromatic rings. The van der Waals surface area contributed by atoms with Crippen molar-refractivity contribution in [3.63, 3.8) is 0 Å². The first-order valence-electron chi connectivity index (χ1n) is 11.2. The van der Waals surface area contributed by atoms with Crippen LogP contribution in [0.1, 0.15) is 17.7 Å². The Bertz CT molecular complexity index is 1180. The molecular formula is C26H31N5O2. The molecule has 0 bridgehead atoms. The Balaban J connectivity index is 1.55. The fraction of sp³-hybridized carbons (Fsp3) is 0.308. The van der Waals surface area contributed by atoms with E-state index in [1.54, 1.807) is 7.11 Å². The molecule has 4 rings (SSSR count). The van der Waals surface area contributed by atoms with Crippen molar-refractivity contribution in [2.24, 2.45) is 0 Å². The van der Waals surface area contributed by atoms with E-state index in [-0.39, 0.29) is 0 Å². The maximum absolute atomic E-state index is 6.29. The third-order valence-corrected chi connectivity index (χ3v) is 5.70.